The Morgan fingerprint density at radius 3 is 2.71 bits per heavy atom. The van der Waals surface area contributed by atoms with Crippen molar-refractivity contribution in [3.63, 3.8) is 0 Å². The Bertz CT molecular complexity index is 359. The molecule has 2 nitrogen and oxygen atoms in total. The molecule has 0 radical (unpaired) electrons. The second-order valence-electron chi connectivity index (χ2n) is 5.39. The molecule has 1 aromatic rings. The highest BCUT2D eigenvalue weighted by atomic mass is 32.1. The quantitative estimate of drug-likeness (QED) is 0.884. The van der Waals surface area contributed by atoms with Gasteiger partial charge >= 0.3 is 0 Å². The Hall–Kier alpha value is -0.410. The molecule has 1 fully saturated rings. The van der Waals surface area contributed by atoms with E-state index in [9.17, 15) is 0 Å². The van der Waals surface area contributed by atoms with E-state index in [4.69, 9.17) is 0 Å². The van der Waals surface area contributed by atoms with Crippen LogP contribution in [0.1, 0.15) is 48.2 Å². The van der Waals surface area contributed by atoms with Gasteiger partial charge in [0.2, 0.25) is 0 Å². The summed E-state index contributed by atoms with van der Waals surface area (Å²) in [6.07, 6.45) is 5.69. The normalized spacial score (nSPS) is 25.1. The lowest BCUT2D eigenvalue weighted by molar-refractivity contribution is 0.248. The number of thiazole rings is 1. The van der Waals surface area contributed by atoms with Crippen LogP contribution >= 0.6 is 11.3 Å². The van der Waals surface area contributed by atoms with Gasteiger partial charge in [0, 0.05) is 11.4 Å². The van der Waals surface area contributed by atoms with Gasteiger partial charge in [0.25, 0.3) is 0 Å². The molecule has 1 saturated carbocycles. The van der Waals surface area contributed by atoms with Crippen molar-refractivity contribution in [1.82, 2.24) is 10.3 Å². The van der Waals surface area contributed by atoms with E-state index in [0.717, 1.165) is 18.4 Å². The maximum atomic E-state index is 4.47. The molecule has 1 heterocycles. The van der Waals surface area contributed by atoms with Crippen LogP contribution in [0.4, 0.5) is 0 Å². The van der Waals surface area contributed by atoms with Crippen LogP contribution in [0.3, 0.4) is 0 Å². The molecule has 0 aromatic carbocycles. The summed E-state index contributed by atoms with van der Waals surface area (Å²) in [5.41, 5.74) is 1.21. The fourth-order valence-electron chi connectivity index (χ4n) is 2.80. The topological polar surface area (TPSA) is 24.9 Å². The maximum absolute atomic E-state index is 4.47. The summed E-state index contributed by atoms with van der Waals surface area (Å²) in [5.74, 6) is 1.79. The van der Waals surface area contributed by atoms with Crippen molar-refractivity contribution in [2.75, 3.05) is 6.54 Å². The van der Waals surface area contributed by atoms with Crippen molar-refractivity contribution in [2.45, 2.75) is 53.0 Å². The number of rotatable bonds is 4. The third-order valence-corrected chi connectivity index (χ3v) is 5.05. The van der Waals surface area contributed by atoms with Crippen molar-refractivity contribution < 1.29 is 0 Å². The van der Waals surface area contributed by atoms with E-state index in [0.29, 0.717) is 0 Å². The van der Waals surface area contributed by atoms with Crippen LogP contribution in [-0.4, -0.2) is 11.5 Å². The van der Waals surface area contributed by atoms with Gasteiger partial charge in [0.1, 0.15) is 0 Å². The lowest BCUT2D eigenvalue weighted by Gasteiger charge is -2.28. The molecule has 1 aromatic heterocycles. The number of hydrogen-bond acceptors (Lipinski definition) is 3. The average Bonchev–Trinajstić information content (AvgIpc) is 2.60. The molecule has 2 atom stereocenters. The second kappa shape index (κ2) is 5.96. The first-order valence-corrected chi connectivity index (χ1v) is 7.62. The van der Waals surface area contributed by atoms with E-state index in [1.807, 2.05) is 11.3 Å². The summed E-state index contributed by atoms with van der Waals surface area (Å²) in [7, 11) is 0. The number of nitrogens with one attached hydrogen (secondary N) is 1. The zero-order valence-corrected chi connectivity index (χ0v) is 12.1. The fraction of sp³-hybridized carbons (Fsp3) is 0.786. The van der Waals surface area contributed by atoms with E-state index < -0.39 is 0 Å². The van der Waals surface area contributed by atoms with Gasteiger partial charge in [-0.3, -0.25) is 0 Å². The maximum Gasteiger partial charge on any atom is 0.0900 e. The number of nitrogens with zero attached hydrogens (tertiary/aromatic N) is 1. The first kappa shape index (κ1) is 13.0. The van der Waals surface area contributed by atoms with Gasteiger partial charge in [-0.15, -0.1) is 11.3 Å². The second-order valence-corrected chi connectivity index (χ2v) is 6.68. The molecule has 0 saturated heterocycles. The highest BCUT2D eigenvalue weighted by Gasteiger charge is 2.20. The summed E-state index contributed by atoms with van der Waals surface area (Å²) < 4.78 is 0. The van der Waals surface area contributed by atoms with Crippen LogP contribution in [0.25, 0.3) is 0 Å². The lowest BCUT2D eigenvalue weighted by Crippen LogP contribution is -2.29. The Labute approximate surface area is 109 Å². The smallest absolute Gasteiger partial charge is 0.0900 e. The van der Waals surface area contributed by atoms with Gasteiger partial charge in [-0.25, -0.2) is 4.98 Å². The van der Waals surface area contributed by atoms with Gasteiger partial charge in [0.05, 0.1) is 10.7 Å². The van der Waals surface area contributed by atoms with Crippen molar-refractivity contribution in [2.24, 2.45) is 11.8 Å². The van der Waals surface area contributed by atoms with Crippen molar-refractivity contribution in [3.05, 3.63) is 15.6 Å². The first-order chi connectivity index (χ1) is 8.16. The third-order valence-electron chi connectivity index (χ3n) is 3.98. The van der Waals surface area contributed by atoms with Crippen LogP contribution in [0, 0.1) is 25.7 Å². The number of aromatic nitrogens is 1. The number of hydrogen-bond donors (Lipinski definition) is 1. The fourth-order valence-corrected chi connectivity index (χ4v) is 3.71. The van der Waals surface area contributed by atoms with Crippen LogP contribution in [-0.2, 0) is 6.54 Å². The average molecular weight is 252 g/mol. The molecule has 1 aliphatic carbocycles. The van der Waals surface area contributed by atoms with Gasteiger partial charge in [-0.2, -0.15) is 0 Å². The van der Waals surface area contributed by atoms with E-state index in [1.165, 1.54) is 47.8 Å². The molecular formula is C14H24N2S. The van der Waals surface area contributed by atoms with Crippen molar-refractivity contribution in [3.8, 4) is 0 Å². The Kier molecular flexibility index (Phi) is 4.57. The Morgan fingerprint density at radius 1 is 1.29 bits per heavy atom. The van der Waals surface area contributed by atoms with Crippen LogP contribution in [0.15, 0.2) is 0 Å². The zero-order chi connectivity index (χ0) is 12.3. The van der Waals surface area contributed by atoms with Crippen molar-refractivity contribution in [1.29, 1.82) is 0 Å². The van der Waals surface area contributed by atoms with Gasteiger partial charge < -0.3 is 5.32 Å². The van der Waals surface area contributed by atoms with E-state index in [1.54, 1.807) is 0 Å². The van der Waals surface area contributed by atoms with Crippen molar-refractivity contribution >= 4 is 11.3 Å². The molecule has 17 heavy (non-hydrogen) atoms. The molecule has 1 N–H and O–H groups in total. The monoisotopic (exact) mass is 252 g/mol. The predicted molar refractivity (Wildman–Crippen MR) is 74.4 cm³/mol. The molecule has 2 unspecified atom stereocenters. The third kappa shape index (κ3) is 3.52. The first-order valence-electron chi connectivity index (χ1n) is 6.80. The minimum atomic E-state index is 0.887. The van der Waals surface area contributed by atoms with E-state index >= 15 is 0 Å². The molecule has 0 amide bonds. The van der Waals surface area contributed by atoms with Crippen LogP contribution in [0.2, 0.25) is 0 Å². The molecule has 0 spiro atoms. The minimum Gasteiger partial charge on any atom is -0.311 e. The lowest BCUT2D eigenvalue weighted by atomic mass is 9.80. The summed E-state index contributed by atoms with van der Waals surface area (Å²) in [6, 6.07) is 0. The molecule has 2 rings (SSSR count). The highest BCUT2D eigenvalue weighted by molar-refractivity contribution is 7.11. The molecular weight excluding hydrogens is 228 g/mol. The SMILES string of the molecule is Cc1nc(C)c(CNCC2CCCCC2C)s1. The zero-order valence-electron chi connectivity index (χ0n) is 11.3. The van der Waals surface area contributed by atoms with E-state index in [-0.39, 0.29) is 0 Å². The molecule has 3 heteroatoms. The Morgan fingerprint density at radius 2 is 2.06 bits per heavy atom. The molecule has 0 bridgehead atoms. The van der Waals surface area contributed by atoms with Crippen LogP contribution < -0.4 is 5.32 Å². The number of aryl methyl sites for hydroxylation is 2. The largest absolute Gasteiger partial charge is 0.311 e. The minimum absolute atomic E-state index is 0.887. The highest BCUT2D eigenvalue weighted by Crippen LogP contribution is 2.29. The molecule has 1 aliphatic rings. The van der Waals surface area contributed by atoms with Crippen LogP contribution in [0.5, 0.6) is 0 Å². The van der Waals surface area contributed by atoms with Gasteiger partial charge in [0.15, 0.2) is 0 Å². The van der Waals surface area contributed by atoms with E-state index in [2.05, 4.69) is 31.1 Å². The van der Waals surface area contributed by atoms with Gasteiger partial charge in [-0.1, -0.05) is 26.2 Å². The molecule has 96 valence electrons. The summed E-state index contributed by atoms with van der Waals surface area (Å²) in [5, 5.41) is 4.81. The molecule has 0 aliphatic heterocycles. The van der Waals surface area contributed by atoms with Gasteiger partial charge in [-0.05, 0) is 38.6 Å². The summed E-state index contributed by atoms with van der Waals surface area (Å²) >= 11 is 1.83. The Balaban J connectivity index is 1.77. The summed E-state index contributed by atoms with van der Waals surface area (Å²) in [6.45, 7) is 8.79. The standard InChI is InChI=1S/C14H24N2S/c1-10-6-4-5-7-13(10)8-15-9-14-11(2)16-12(3)17-14/h10,13,15H,4-9H2,1-3H3. The predicted octanol–water partition coefficient (Wildman–Crippen LogP) is 3.68. The summed E-state index contributed by atoms with van der Waals surface area (Å²) in [4.78, 5) is 5.88.